The summed E-state index contributed by atoms with van der Waals surface area (Å²) in [6.07, 6.45) is 1.69. The third-order valence-corrected chi connectivity index (χ3v) is 4.44. The molecular weight excluding hydrogens is 342 g/mol. The Morgan fingerprint density at radius 1 is 0.852 bits per heavy atom. The van der Waals surface area contributed by atoms with Gasteiger partial charge in [-0.15, -0.1) is 0 Å². The van der Waals surface area contributed by atoms with Crippen LogP contribution in [-0.2, 0) is 0 Å². The van der Waals surface area contributed by atoms with E-state index in [0.29, 0.717) is 34.4 Å². The van der Waals surface area contributed by atoms with Gasteiger partial charge in [0.05, 0.1) is 5.69 Å². The fourth-order valence-corrected chi connectivity index (χ4v) is 3.16. The number of fused-ring (bicyclic) bond motifs is 1. The first-order valence-electron chi connectivity index (χ1n) is 8.50. The van der Waals surface area contributed by atoms with Crippen LogP contribution in [0, 0.1) is 0 Å². The van der Waals surface area contributed by atoms with Crippen molar-refractivity contribution in [3.05, 3.63) is 72.9 Å². The van der Waals surface area contributed by atoms with Crippen LogP contribution in [0.2, 0.25) is 0 Å². The Morgan fingerprint density at radius 3 is 2.48 bits per heavy atom. The molecule has 0 atom stereocenters. The standard InChI is InChI=1S/C21H15N3O3/c25-24-20(16-8-4-5-11-22-16)19(23-21(24)14-6-2-1-3-7-14)15-9-10-17-18(12-15)27-13-26-17/h1-12,25H,13H2. The van der Waals surface area contributed by atoms with Crippen LogP contribution in [0.3, 0.4) is 0 Å². The van der Waals surface area contributed by atoms with Crippen molar-refractivity contribution in [2.24, 2.45) is 0 Å². The molecule has 3 heterocycles. The topological polar surface area (TPSA) is 69.4 Å². The third-order valence-electron chi connectivity index (χ3n) is 4.44. The average molecular weight is 357 g/mol. The smallest absolute Gasteiger partial charge is 0.231 e. The summed E-state index contributed by atoms with van der Waals surface area (Å²) in [5.41, 5.74) is 3.39. The maximum Gasteiger partial charge on any atom is 0.231 e. The lowest BCUT2D eigenvalue weighted by Gasteiger charge is -2.06. The lowest BCUT2D eigenvalue weighted by Crippen LogP contribution is -1.98. The van der Waals surface area contributed by atoms with E-state index >= 15 is 0 Å². The van der Waals surface area contributed by atoms with E-state index in [1.54, 1.807) is 6.20 Å². The molecule has 2 aromatic carbocycles. The molecule has 5 rings (SSSR count). The van der Waals surface area contributed by atoms with E-state index in [9.17, 15) is 5.21 Å². The molecule has 0 amide bonds. The second-order valence-corrected chi connectivity index (χ2v) is 6.09. The zero-order valence-corrected chi connectivity index (χ0v) is 14.2. The van der Waals surface area contributed by atoms with Gasteiger partial charge in [0.2, 0.25) is 6.79 Å². The highest BCUT2D eigenvalue weighted by Crippen LogP contribution is 2.39. The van der Waals surface area contributed by atoms with Crippen LogP contribution in [0.4, 0.5) is 0 Å². The summed E-state index contributed by atoms with van der Waals surface area (Å²) in [6.45, 7) is 0.204. The third kappa shape index (κ3) is 2.58. The summed E-state index contributed by atoms with van der Waals surface area (Å²) >= 11 is 0. The summed E-state index contributed by atoms with van der Waals surface area (Å²) in [5, 5.41) is 10.9. The Morgan fingerprint density at radius 2 is 1.67 bits per heavy atom. The molecule has 4 aromatic rings. The molecule has 0 saturated heterocycles. The fourth-order valence-electron chi connectivity index (χ4n) is 3.16. The molecule has 0 radical (unpaired) electrons. The number of benzene rings is 2. The van der Waals surface area contributed by atoms with Crippen LogP contribution in [0.1, 0.15) is 0 Å². The number of nitrogens with zero attached hydrogens (tertiary/aromatic N) is 3. The molecule has 2 aromatic heterocycles. The molecule has 1 N–H and O–H groups in total. The van der Waals surface area contributed by atoms with Crippen LogP contribution in [-0.4, -0.2) is 26.7 Å². The molecule has 1 aliphatic heterocycles. The minimum atomic E-state index is 0.204. The first-order valence-corrected chi connectivity index (χ1v) is 8.50. The Kier molecular flexibility index (Phi) is 3.53. The molecular formula is C21H15N3O3. The normalized spacial score (nSPS) is 12.3. The molecule has 0 bridgehead atoms. The average Bonchev–Trinajstić information content (AvgIpc) is 3.33. The van der Waals surface area contributed by atoms with Gasteiger partial charge in [-0.05, 0) is 30.3 Å². The zero-order valence-electron chi connectivity index (χ0n) is 14.2. The highest BCUT2D eigenvalue weighted by atomic mass is 16.7. The van der Waals surface area contributed by atoms with Crippen LogP contribution in [0.5, 0.6) is 11.5 Å². The maximum atomic E-state index is 10.9. The summed E-state index contributed by atoms with van der Waals surface area (Å²) < 4.78 is 12.0. The van der Waals surface area contributed by atoms with Crippen molar-refractivity contribution < 1.29 is 14.7 Å². The predicted molar refractivity (Wildman–Crippen MR) is 99.6 cm³/mol. The van der Waals surface area contributed by atoms with Gasteiger partial charge in [-0.25, -0.2) is 4.98 Å². The first kappa shape index (κ1) is 15.5. The number of ether oxygens (including phenoxy) is 2. The maximum absolute atomic E-state index is 10.9. The molecule has 0 spiro atoms. The molecule has 6 heteroatoms. The summed E-state index contributed by atoms with van der Waals surface area (Å²) in [6, 6.07) is 20.7. The van der Waals surface area contributed by atoms with Crippen LogP contribution >= 0.6 is 0 Å². The molecule has 0 aliphatic carbocycles. The van der Waals surface area contributed by atoms with Gasteiger partial charge in [0.1, 0.15) is 11.4 Å². The van der Waals surface area contributed by atoms with Gasteiger partial charge >= 0.3 is 0 Å². The van der Waals surface area contributed by atoms with Crippen molar-refractivity contribution in [2.75, 3.05) is 6.79 Å². The van der Waals surface area contributed by atoms with Crippen molar-refractivity contribution >= 4 is 0 Å². The number of hydrogen-bond acceptors (Lipinski definition) is 5. The quantitative estimate of drug-likeness (QED) is 0.555. The second kappa shape index (κ2) is 6.17. The largest absolute Gasteiger partial charge is 0.454 e. The van der Waals surface area contributed by atoms with E-state index in [1.165, 1.54) is 0 Å². The molecule has 0 unspecified atom stereocenters. The Bertz CT molecular complexity index is 1110. The van der Waals surface area contributed by atoms with E-state index in [4.69, 9.17) is 14.5 Å². The predicted octanol–water partition coefficient (Wildman–Crippen LogP) is 4.25. The molecule has 6 nitrogen and oxygen atoms in total. The van der Waals surface area contributed by atoms with E-state index in [-0.39, 0.29) is 6.79 Å². The Labute approximate surface area is 155 Å². The molecule has 27 heavy (non-hydrogen) atoms. The first-order chi connectivity index (χ1) is 13.3. The molecule has 0 saturated carbocycles. The lowest BCUT2D eigenvalue weighted by atomic mass is 10.1. The number of imidazole rings is 1. The molecule has 1 aliphatic rings. The SMILES string of the molecule is On1c(-c2ccccc2)nc(-c2ccc3c(c2)OCO3)c1-c1ccccn1. The zero-order chi connectivity index (χ0) is 18.2. The minimum Gasteiger partial charge on any atom is -0.454 e. The summed E-state index contributed by atoms with van der Waals surface area (Å²) in [4.78, 5) is 9.13. The van der Waals surface area contributed by atoms with Crippen molar-refractivity contribution in [1.29, 1.82) is 0 Å². The number of aromatic nitrogens is 3. The Hall–Kier alpha value is -3.80. The van der Waals surface area contributed by atoms with E-state index < -0.39 is 0 Å². The van der Waals surface area contributed by atoms with Gasteiger partial charge in [0.25, 0.3) is 0 Å². The number of hydrogen-bond donors (Lipinski definition) is 1. The number of rotatable bonds is 3. The Balaban J connectivity index is 1.74. The highest BCUT2D eigenvalue weighted by molar-refractivity contribution is 5.81. The van der Waals surface area contributed by atoms with Crippen LogP contribution < -0.4 is 9.47 Å². The van der Waals surface area contributed by atoms with Gasteiger partial charge in [0, 0.05) is 17.3 Å². The van der Waals surface area contributed by atoms with Gasteiger partial charge in [-0.2, -0.15) is 4.73 Å². The van der Waals surface area contributed by atoms with Crippen molar-refractivity contribution in [1.82, 2.24) is 14.7 Å². The highest BCUT2D eigenvalue weighted by Gasteiger charge is 2.23. The number of pyridine rings is 1. The van der Waals surface area contributed by atoms with E-state index in [2.05, 4.69) is 4.98 Å². The minimum absolute atomic E-state index is 0.204. The molecule has 132 valence electrons. The van der Waals surface area contributed by atoms with Crippen molar-refractivity contribution in [3.63, 3.8) is 0 Å². The van der Waals surface area contributed by atoms with Crippen LogP contribution in [0.25, 0.3) is 34.0 Å². The van der Waals surface area contributed by atoms with Gasteiger partial charge in [-0.1, -0.05) is 36.4 Å². The van der Waals surface area contributed by atoms with E-state index in [0.717, 1.165) is 15.9 Å². The van der Waals surface area contributed by atoms with Crippen LogP contribution in [0.15, 0.2) is 72.9 Å². The lowest BCUT2D eigenvalue weighted by molar-refractivity contribution is 0.174. The fraction of sp³-hybridized carbons (Fsp3) is 0.0476. The monoisotopic (exact) mass is 357 g/mol. The van der Waals surface area contributed by atoms with E-state index in [1.807, 2.05) is 66.7 Å². The second-order valence-electron chi connectivity index (χ2n) is 6.09. The summed E-state index contributed by atoms with van der Waals surface area (Å²) in [5.74, 6) is 1.81. The van der Waals surface area contributed by atoms with Gasteiger partial charge < -0.3 is 14.7 Å². The van der Waals surface area contributed by atoms with Gasteiger partial charge in [0.15, 0.2) is 17.3 Å². The van der Waals surface area contributed by atoms with Crippen molar-refractivity contribution in [3.8, 4) is 45.5 Å². The van der Waals surface area contributed by atoms with Gasteiger partial charge in [-0.3, -0.25) is 4.98 Å². The summed E-state index contributed by atoms with van der Waals surface area (Å²) in [7, 11) is 0. The van der Waals surface area contributed by atoms with Crippen molar-refractivity contribution in [2.45, 2.75) is 0 Å². The molecule has 0 fully saturated rings.